The minimum absolute atomic E-state index is 0.00951. The second-order valence-corrected chi connectivity index (χ2v) is 10.2. The Morgan fingerprint density at radius 1 is 0.912 bits per heavy atom. The highest BCUT2D eigenvalue weighted by Crippen LogP contribution is 2.33. The Bertz CT molecular complexity index is 1440. The van der Waals surface area contributed by atoms with E-state index in [-0.39, 0.29) is 21.4 Å². The van der Waals surface area contributed by atoms with Gasteiger partial charge >= 0.3 is 0 Å². The van der Waals surface area contributed by atoms with E-state index in [1.807, 2.05) is 18.2 Å². The van der Waals surface area contributed by atoms with Gasteiger partial charge in [-0.3, -0.25) is 9.52 Å². The van der Waals surface area contributed by atoms with Crippen molar-refractivity contribution in [1.29, 1.82) is 0 Å². The number of rotatable bonds is 6. The highest BCUT2D eigenvalue weighted by molar-refractivity contribution is 7.92. The number of hydrogen-bond acceptors (Lipinski definition) is 5. The Morgan fingerprint density at radius 2 is 1.65 bits per heavy atom. The molecule has 0 unspecified atom stereocenters. The van der Waals surface area contributed by atoms with Crippen molar-refractivity contribution in [3.05, 3.63) is 83.6 Å². The van der Waals surface area contributed by atoms with Crippen LogP contribution >= 0.6 is 11.6 Å². The van der Waals surface area contributed by atoms with Gasteiger partial charge in [0.05, 0.1) is 27.0 Å². The number of carbonyl (C=O) groups excluding carboxylic acids is 1. The van der Waals surface area contributed by atoms with E-state index in [1.54, 1.807) is 42.5 Å². The third-order valence-electron chi connectivity index (χ3n) is 5.74. The molecule has 0 saturated carbocycles. The molecular formula is C25H22ClN3O4S. The minimum atomic E-state index is -3.95. The fourth-order valence-electron chi connectivity index (χ4n) is 4.04. The number of fused-ring (bicyclic) bond motifs is 1. The second-order valence-electron chi connectivity index (χ2n) is 8.06. The third kappa shape index (κ3) is 4.47. The molecule has 4 aromatic rings. The summed E-state index contributed by atoms with van der Waals surface area (Å²) >= 11 is 6.13. The Hall–Kier alpha value is -3.49. The van der Waals surface area contributed by atoms with E-state index in [4.69, 9.17) is 16.0 Å². The maximum atomic E-state index is 13.1. The first-order chi connectivity index (χ1) is 16.4. The Kier molecular flexibility index (Phi) is 5.93. The molecule has 0 radical (unpaired) electrons. The number of sulfonamides is 1. The number of carbonyl (C=O) groups is 1. The van der Waals surface area contributed by atoms with Crippen LogP contribution in [0.5, 0.6) is 0 Å². The molecule has 2 heterocycles. The number of furan rings is 1. The van der Waals surface area contributed by atoms with E-state index in [1.165, 1.54) is 12.1 Å². The maximum Gasteiger partial charge on any atom is 0.291 e. The largest absolute Gasteiger partial charge is 0.451 e. The quantitative estimate of drug-likeness (QED) is 0.356. The van der Waals surface area contributed by atoms with Gasteiger partial charge in [-0.15, -0.1) is 0 Å². The van der Waals surface area contributed by atoms with Crippen LogP contribution in [0.15, 0.2) is 82.1 Å². The Labute approximate surface area is 202 Å². The summed E-state index contributed by atoms with van der Waals surface area (Å²) in [5.41, 5.74) is 2.04. The van der Waals surface area contributed by atoms with Gasteiger partial charge in [-0.2, -0.15) is 0 Å². The van der Waals surface area contributed by atoms with Crippen LogP contribution in [0, 0.1) is 0 Å². The number of anilines is 3. The van der Waals surface area contributed by atoms with Gasteiger partial charge in [-0.25, -0.2) is 8.42 Å². The molecule has 1 aliphatic heterocycles. The monoisotopic (exact) mass is 495 g/mol. The summed E-state index contributed by atoms with van der Waals surface area (Å²) in [5.74, 6) is -0.304. The molecule has 1 amide bonds. The molecule has 1 aromatic heterocycles. The van der Waals surface area contributed by atoms with Crippen molar-refractivity contribution < 1.29 is 17.6 Å². The molecule has 0 aliphatic carbocycles. The zero-order valence-corrected chi connectivity index (χ0v) is 19.7. The topological polar surface area (TPSA) is 91.6 Å². The SMILES string of the molecule is O=C(Nc1cc(S(=O)(=O)Nc2ccccc2Cl)ccc1N1CCCC1)c1cc2ccccc2o1. The number of halogens is 1. The smallest absolute Gasteiger partial charge is 0.291 e. The van der Waals surface area contributed by atoms with Crippen molar-refractivity contribution in [3.8, 4) is 0 Å². The Morgan fingerprint density at radius 3 is 2.41 bits per heavy atom. The first-order valence-corrected chi connectivity index (χ1v) is 12.7. The molecule has 1 fully saturated rings. The molecule has 1 aliphatic rings. The van der Waals surface area contributed by atoms with Crippen LogP contribution in [0.1, 0.15) is 23.4 Å². The molecule has 0 atom stereocenters. The van der Waals surface area contributed by atoms with Gasteiger partial charge in [0.2, 0.25) is 0 Å². The van der Waals surface area contributed by atoms with E-state index in [9.17, 15) is 13.2 Å². The fraction of sp³-hybridized carbons (Fsp3) is 0.160. The summed E-state index contributed by atoms with van der Waals surface area (Å²) in [4.78, 5) is 15.2. The first-order valence-electron chi connectivity index (χ1n) is 10.9. The molecule has 5 rings (SSSR count). The van der Waals surface area contributed by atoms with Crippen molar-refractivity contribution in [2.75, 3.05) is 28.0 Å². The zero-order valence-electron chi connectivity index (χ0n) is 18.1. The average molecular weight is 496 g/mol. The standard InChI is InChI=1S/C25H22ClN3O4S/c26-19-8-2-3-9-20(19)28-34(31,32)18-11-12-22(29-13-5-6-14-29)21(16-18)27-25(30)24-15-17-7-1-4-10-23(17)33-24/h1-4,7-12,15-16,28H,5-6,13-14H2,(H,27,30). The molecule has 2 N–H and O–H groups in total. The number of nitrogens with one attached hydrogen (secondary N) is 2. The maximum absolute atomic E-state index is 13.1. The Balaban J connectivity index is 1.49. The van der Waals surface area contributed by atoms with E-state index >= 15 is 0 Å². The summed E-state index contributed by atoms with van der Waals surface area (Å²) in [7, 11) is -3.95. The molecule has 0 bridgehead atoms. The van der Waals surface area contributed by atoms with Crippen molar-refractivity contribution in [2.24, 2.45) is 0 Å². The van der Waals surface area contributed by atoms with Gasteiger partial charge in [-0.05, 0) is 55.3 Å². The van der Waals surface area contributed by atoms with E-state index in [0.717, 1.165) is 37.0 Å². The fourth-order valence-corrected chi connectivity index (χ4v) is 5.39. The van der Waals surface area contributed by atoms with Gasteiger partial charge in [0, 0.05) is 18.5 Å². The van der Waals surface area contributed by atoms with E-state index < -0.39 is 15.9 Å². The van der Waals surface area contributed by atoms with Crippen molar-refractivity contribution >= 4 is 55.6 Å². The van der Waals surface area contributed by atoms with E-state index in [2.05, 4.69) is 14.9 Å². The molecule has 1 saturated heterocycles. The lowest BCUT2D eigenvalue weighted by molar-refractivity contribution is 0.0998. The number of nitrogens with zero attached hydrogens (tertiary/aromatic N) is 1. The van der Waals surface area contributed by atoms with Crippen LogP contribution in [0.3, 0.4) is 0 Å². The highest BCUT2D eigenvalue weighted by Gasteiger charge is 2.23. The first kappa shape index (κ1) is 22.3. The summed E-state index contributed by atoms with van der Waals surface area (Å²) in [6.07, 6.45) is 2.07. The number of hydrogen-bond donors (Lipinski definition) is 2. The summed E-state index contributed by atoms with van der Waals surface area (Å²) in [6.45, 7) is 1.66. The molecule has 3 aromatic carbocycles. The van der Waals surface area contributed by atoms with Crippen LogP contribution in [-0.2, 0) is 10.0 Å². The number of para-hydroxylation sites is 2. The number of benzene rings is 3. The van der Waals surface area contributed by atoms with Crippen LogP contribution in [0.4, 0.5) is 17.1 Å². The summed E-state index contributed by atoms with van der Waals surface area (Å²) in [6, 6.07) is 20.3. The summed E-state index contributed by atoms with van der Waals surface area (Å²) < 4.78 is 34.4. The molecule has 9 heteroatoms. The van der Waals surface area contributed by atoms with Crippen LogP contribution in [0.25, 0.3) is 11.0 Å². The van der Waals surface area contributed by atoms with Crippen molar-refractivity contribution in [1.82, 2.24) is 0 Å². The van der Waals surface area contributed by atoms with Crippen LogP contribution in [0.2, 0.25) is 5.02 Å². The lowest BCUT2D eigenvalue weighted by Gasteiger charge is -2.22. The zero-order chi connectivity index (χ0) is 23.7. The van der Waals surface area contributed by atoms with Crippen LogP contribution < -0.4 is 14.9 Å². The lowest BCUT2D eigenvalue weighted by atomic mass is 10.2. The average Bonchev–Trinajstić information content (AvgIpc) is 3.50. The normalized spacial score (nSPS) is 13.9. The third-order valence-corrected chi connectivity index (χ3v) is 7.43. The van der Waals surface area contributed by atoms with Crippen LogP contribution in [-0.4, -0.2) is 27.4 Å². The highest BCUT2D eigenvalue weighted by atomic mass is 35.5. The predicted molar refractivity (Wildman–Crippen MR) is 134 cm³/mol. The van der Waals surface area contributed by atoms with Gasteiger partial charge in [0.15, 0.2) is 5.76 Å². The molecular weight excluding hydrogens is 474 g/mol. The molecule has 34 heavy (non-hydrogen) atoms. The number of amides is 1. The van der Waals surface area contributed by atoms with Crippen molar-refractivity contribution in [2.45, 2.75) is 17.7 Å². The summed E-state index contributed by atoms with van der Waals surface area (Å²) in [5, 5.41) is 3.96. The van der Waals surface area contributed by atoms with Gasteiger partial charge in [-0.1, -0.05) is 41.9 Å². The molecule has 0 spiro atoms. The second kappa shape index (κ2) is 9.04. The van der Waals surface area contributed by atoms with Gasteiger partial charge < -0.3 is 14.6 Å². The molecule has 174 valence electrons. The van der Waals surface area contributed by atoms with E-state index in [0.29, 0.717) is 11.3 Å². The lowest BCUT2D eigenvalue weighted by Crippen LogP contribution is -2.22. The predicted octanol–water partition coefficient (Wildman–Crippen LogP) is 5.74. The minimum Gasteiger partial charge on any atom is -0.451 e. The molecule has 7 nitrogen and oxygen atoms in total. The van der Waals surface area contributed by atoms with Crippen molar-refractivity contribution in [3.63, 3.8) is 0 Å². The van der Waals surface area contributed by atoms with Gasteiger partial charge in [0.1, 0.15) is 5.58 Å². The van der Waals surface area contributed by atoms with Gasteiger partial charge in [0.25, 0.3) is 15.9 Å².